The molecule has 0 spiro atoms. The summed E-state index contributed by atoms with van der Waals surface area (Å²) >= 11 is 4.61. The van der Waals surface area contributed by atoms with E-state index in [-0.39, 0.29) is 21.9 Å². The fourth-order valence-electron chi connectivity index (χ4n) is 2.25. The van der Waals surface area contributed by atoms with Crippen LogP contribution in [-0.2, 0) is 14.8 Å². The van der Waals surface area contributed by atoms with E-state index in [1.54, 1.807) is 18.2 Å². The number of aliphatic carboxylic acids is 1. The Morgan fingerprint density at radius 2 is 2.05 bits per heavy atom. The maximum absolute atomic E-state index is 12.9. The molecule has 5 nitrogen and oxygen atoms in total. The third-order valence-electron chi connectivity index (χ3n) is 3.23. The van der Waals surface area contributed by atoms with Crippen LogP contribution >= 0.6 is 27.7 Å². The smallest absolute Gasteiger partial charge is 0.322 e. The van der Waals surface area contributed by atoms with Gasteiger partial charge >= 0.3 is 5.97 Å². The van der Waals surface area contributed by atoms with Gasteiger partial charge in [-0.15, -0.1) is 11.8 Å². The first-order chi connectivity index (χ1) is 9.76. The number of sulfonamides is 1. The van der Waals surface area contributed by atoms with Gasteiger partial charge in [-0.3, -0.25) is 4.79 Å². The van der Waals surface area contributed by atoms with E-state index in [2.05, 4.69) is 15.9 Å². The molecular weight excluding hydrogens is 378 g/mol. The molecule has 1 aromatic rings. The van der Waals surface area contributed by atoms with Crippen LogP contribution in [0.3, 0.4) is 0 Å². The summed E-state index contributed by atoms with van der Waals surface area (Å²) in [4.78, 5) is 11.5. The van der Waals surface area contributed by atoms with Crippen LogP contribution in [0.25, 0.3) is 0 Å². The normalized spacial score (nSPS) is 23.6. The van der Waals surface area contributed by atoms with E-state index in [1.165, 1.54) is 17.8 Å². The molecule has 116 valence electrons. The fraction of sp³-hybridized carbons (Fsp3) is 0.462. The van der Waals surface area contributed by atoms with E-state index in [0.717, 1.165) is 4.31 Å². The number of hydrogen-bond donors (Lipinski definition) is 1. The van der Waals surface area contributed by atoms with Crippen LogP contribution in [-0.4, -0.2) is 41.0 Å². The van der Waals surface area contributed by atoms with Crippen molar-refractivity contribution in [1.29, 1.82) is 0 Å². The van der Waals surface area contributed by atoms with Crippen molar-refractivity contribution >= 4 is 43.7 Å². The van der Waals surface area contributed by atoms with Gasteiger partial charge < -0.3 is 5.11 Å². The maximum Gasteiger partial charge on any atom is 0.322 e. The van der Waals surface area contributed by atoms with Gasteiger partial charge in [0.15, 0.2) is 0 Å². The standard InChI is InChI=1S/C13H16BrNO4S2/c1-8(2)12-15(10(7-20-12)13(16)17)21(18,19)11-6-4-3-5-9(11)14/h3-6,8,10,12H,7H2,1-2H3,(H,16,17). The highest BCUT2D eigenvalue weighted by Gasteiger charge is 2.47. The Bertz CT molecular complexity index is 647. The molecule has 0 saturated carbocycles. The summed E-state index contributed by atoms with van der Waals surface area (Å²) in [5, 5.41) is 8.96. The van der Waals surface area contributed by atoms with Crippen molar-refractivity contribution in [2.24, 2.45) is 5.92 Å². The minimum Gasteiger partial charge on any atom is -0.480 e. The topological polar surface area (TPSA) is 74.7 Å². The third kappa shape index (κ3) is 3.13. The number of carboxylic acid groups (broad SMARTS) is 1. The van der Waals surface area contributed by atoms with Gasteiger partial charge in [0.2, 0.25) is 10.0 Å². The van der Waals surface area contributed by atoms with Gasteiger partial charge in [0.1, 0.15) is 6.04 Å². The van der Waals surface area contributed by atoms with E-state index >= 15 is 0 Å². The van der Waals surface area contributed by atoms with Crippen molar-refractivity contribution in [1.82, 2.24) is 4.31 Å². The highest BCUT2D eigenvalue weighted by Crippen LogP contribution is 2.39. The molecule has 2 atom stereocenters. The lowest BCUT2D eigenvalue weighted by atomic mass is 10.2. The largest absolute Gasteiger partial charge is 0.480 e. The number of benzene rings is 1. The first kappa shape index (κ1) is 16.8. The second kappa shape index (κ2) is 6.28. The number of rotatable bonds is 4. The summed E-state index contributed by atoms with van der Waals surface area (Å²) in [6, 6.07) is 5.44. The van der Waals surface area contributed by atoms with Gasteiger partial charge in [0.05, 0.1) is 10.3 Å². The molecule has 1 N–H and O–H groups in total. The van der Waals surface area contributed by atoms with Gasteiger partial charge in [-0.1, -0.05) is 26.0 Å². The van der Waals surface area contributed by atoms with Crippen LogP contribution in [0.5, 0.6) is 0 Å². The molecule has 1 aliphatic heterocycles. The van der Waals surface area contributed by atoms with Crippen molar-refractivity contribution in [2.75, 3.05) is 5.75 Å². The van der Waals surface area contributed by atoms with Gasteiger partial charge in [-0.25, -0.2) is 8.42 Å². The zero-order chi connectivity index (χ0) is 15.8. The van der Waals surface area contributed by atoms with E-state index in [9.17, 15) is 18.3 Å². The number of hydrogen-bond acceptors (Lipinski definition) is 4. The van der Waals surface area contributed by atoms with Crippen LogP contribution in [0.15, 0.2) is 33.6 Å². The number of halogens is 1. The predicted octanol–water partition coefficient (Wildman–Crippen LogP) is 2.62. The maximum atomic E-state index is 12.9. The Labute approximate surface area is 136 Å². The SMILES string of the molecule is CC(C)C1SCC(C(=O)O)N1S(=O)(=O)c1ccccc1Br. The Morgan fingerprint density at radius 1 is 1.43 bits per heavy atom. The summed E-state index contributed by atoms with van der Waals surface area (Å²) in [6.45, 7) is 3.79. The molecule has 1 aliphatic rings. The minimum atomic E-state index is -3.87. The first-order valence-corrected chi connectivity index (χ1v) is 9.67. The lowest BCUT2D eigenvalue weighted by Crippen LogP contribution is -2.47. The molecule has 21 heavy (non-hydrogen) atoms. The van der Waals surface area contributed by atoms with E-state index in [4.69, 9.17) is 0 Å². The molecule has 1 heterocycles. The summed E-state index contributed by atoms with van der Waals surface area (Å²) in [7, 11) is -3.87. The Balaban J connectivity index is 2.53. The average molecular weight is 394 g/mol. The van der Waals surface area contributed by atoms with Crippen LogP contribution in [0, 0.1) is 5.92 Å². The summed E-state index contributed by atoms with van der Waals surface area (Å²) in [5.74, 6) is -0.820. The molecule has 2 unspecified atom stereocenters. The van der Waals surface area contributed by atoms with Gasteiger partial charge in [-0.05, 0) is 34.0 Å². The van der Waals surface area contributed by atoms with Crippen LogP contribution in [0.4, 0.5) is 0 Å². The monoisotopic (exact) mass is 393 g/mol. The highest BCUT2D eigenvalue weighted by atomic mass is 79.9. The molecule has 0 aromatic heterocycles. The second-order valence-corrected chi connectivity index (χ2v) is 8.90. The molecule has 1 fully saturated rings. The van der Waals surface area contributed by atoms with Crippen LogP contribution < -0.4 is 0 Å². The molecule has 8 heteroatoms. The molecule has 0 amide bonds. The first-order valence-electron chi connectivity index (χ1n) is 6.39. The minimum absolute atomic E-state index is 0.0246. The number of nitrogens with zero attached hydrogens (tertiary/aromatic N) is 1. The second-order valence-electron chi connectivity index (χ2n) is 5.09. The van der Waals surface area contributed by atoms with Crippen LogP contribution in [0.2, 0.25) is 0 Å². The zero-order valence-electron chi connectivity index (χ0n) is 11.6. The Kier molecular flexibility index (Phi) is 5.02. The summed E-state index contributed by atoms with van der Waals surface area (Å²) in [5.41, 5.74) is 0. The quantitative estimate of drug-likeness (QED) is 0.850. The van der Waals surface area contributed by atoms with Crippen molar-refractivity contribution in [2.45, 2.75) is 30.2 Å². The average Bonchev–Trinajstić information content (AvgIpc) is 2.84. The van der Waals surface area contributed by atoms with Crippen LogP contribution in [0.1, 0.15) is 13.8 Å². The zero-order valence-corrected chi connectivity index (χ0v) is 14.8. The molecule has 2 rings (SSSR count). The number of thioether (sulfide) groups is 1. The summed E-state index contributed by atoms with van der Waals surface area (Å²) in [6.07, 6.45) is 0. The van der Waals surface area contributed by atoms with Gasteiger partial charge in [0.25, 0.3) is 0 Å². The van der Waals surface area contributed by atoms with Crippen molar-refractivity contribution in [3.8, 4) is 0 Å². The number of carbonyl (C=O) groups is 1. The molecule has 0 bridgehead atoms. The highest BCUT2D eigenvalue weighted by molar-refractivity contribution is 9.10. The molecule has 0 radical (unpaired) electrons. The Hall–Kier alpha value is -0.570. The lowest BCUT2D eigenvalue weighted by Gasteiger charge is -2.29. The van der Waals surface area contributed by atoms with E-state index in [1.807, 2.05) is 13.8 Å². The van der Waals surface area contributed by atoms with Crippen molar-refractivity contribution < 1.29 is 18.3 Å². The van der Waals surface area contributed by atoms with Crippen molar-refractivity contribution in [3.63, 3.8) is 0 Å². The molecular formula is C13H16BrNO4S2. The van der Waals surface area contributed by atoms with Gasteiger partial charge in [0, 0.05) is 10.2 Å². The van der Waals surface area contributed by atoms with E-state index in [0.29, 0.717) is 4.47 Å². The number of carboxylic acids is 1. The molecule has 1 aromatic carbocycles. The lowest BCUT2D eigenvalue weighted by molar-refractivity contribution is -0.140. The van der Waals surface area contributed by atoms with Gasteiger partial charge in [-0.2, -0.15) is 4.31 Å². The predicted molar refractivity (Wildman–Crippen MR) is 85.7 cm³/mol. The Morgan fingerprint density at radius 3 is 2.57 bits per heavy atom. The van der Waals surface area contributed by atoms with Crippen molar-refractivity contribution in [3.05, 3.63) is 28.7 Å². The van der Waals surface area contributed by atoms with E-state index < -0.39 is 22.0 Å². The summed E-state index contributed by atoms with van der Waals surface area (Å²) < 4.78 is 27.4. The molecule has 1 saturated heterocycles. The molecule has 0 aliphatic carbocycles. The fourth-order valence-corrected chi connectivity index (χ4v) is 6.94. The third-order valence-corrected chi connectivity index (χ3v) is 7.89.